The zero-order valence-corrected chi connectivity index (χ0v) is 21.4. The van der Waals surface area contributed by atoms with Crippen molar-refractivity contribution in [1.82, 2.24) is 9.97 Å². The van der Waals surface area contributed by atoms with E-state index in [4.69, 9.17) is 10.00 Å². The van der Waals surface area contributed by atoms with Gasteiger partial charge in [-0.3, -0.25) is 4.79 Å². The van der Waals surface area contributed by atoms with E-state index in [1.165, 1.54) is 11.8 Å². The summed E-state index contributed by atoms with van der Waals surface area (Å²) in [6, 6.07) is 7.89. The summed E-state index contributed by atoms with van der Waals surface area (Å²) in [6.45, 7) is 6.66. The van der Waals surface area contributed by atoms with Crippen molar-refractivity contribution < 1.29 is 14.6 Å². The molecule has 0 unspecified atom stereocenters. The number of aromatic amines is 1. The van der Waals surface area contributed by atoms with Crippen LogP contribution in [0.3, 0.4) is 0 Å². The lowest BCUT2D eigenvalue weighted by Crippen LogP contribution is -2.40. The largest absolute Gasteiger partial charge is 0.385 e. The van der Waals surface area contributed by atoms with E-state index in [1.807, 2.05) is 18.2 Å². The molecule has 2 aliphatic heterocycles. The minimum absolute atomic E-state index is 0.0251. The van der Waals surface area contributed by atoms with Gasteiger partial charge in [-0.1, -0.05) is 32.9 Å². The number of aliphatic hydroxyl groups is 1. The topological polar surface area (TPSA) is 111 Å². The van der Waals surface area contributed by atoms with Crippen molar-refractivity contribution >= 4 is 17.2 Å². The van der Waals surface area contributed by atoms with Crippen LogP contribution in [0.1, 0.15) is 99.6 Å². The van der Waals surface area contributed by atoms with E-state index in [1.54, 1.807) is 0 Å². The fourth-order valence-electron chi connectivity index (χ4n) is 6.02. The Kier molecular flexibility index (Phi) is 6.52. The number of hydrogen-bond donors (Lipinski definition) is 3. The molecule has 2 bridgehead atoms. The summed E-state index contributed by atoms with van der Waals surface area (Å²) < 4.78 is 6.32. The first-order valence-corrected chi connectivity index (χ1v) is 13.2. The van der Waals surface area contributed by atoms with Gasteiger partial charge in [0.2, 0.25) is 0 Å². The van der Waals surface area contributed by atoms with Crippen LogP contribution in [0.15, 0.2) is 30.5 Å². The molecule has 0 spiro atoms. The summed E-state index contributed by atoms with van der Waals surface area (Å²) in [4.78, 5) is 19.7. The normalized spacial score (nSPS) is 29.5. The number of H-pyrrole nitrogens is 1. The van der Waals surface area contributed by atoms with Crippen molar-refractivity contribution in [2.45, 2.75) is 89.9 Å². The molecular weight excluding hydrogens is 452 g/mol. The second kappa shape index (κ2) is 9.49. The molecule has 1 aliphatic carbocycles. The zero-order chi connectivity index (χ0) is 25.5. The Morgan fingerprint density at radius 3 is 2.83 bits per heavy atom. The SMILES string of the molecule is C[C@@H]1[C@@H]2CCC[C@H](CC[C@@]1(O)c1ccc(NC(=O)c3ncc(C#N)[nH]3)c(C3=CCC(C)(C)CC3)c1)O2. The Hall–Kier alpha value is -2.95. The van der Waals surface area contributed by atoms with Gasteiger partial charge in [-0.05, 0) is 80.1 Å². The van der Waals surface area contributed by atoms with Crippen LogP contribution in [0, 0.1) is 22.7 Å². The van der Waals surface area contributed by atoms with E-state index in [0.717, 1.165) is 56.1 Å². The number of carbonyl (C=O) groups is 1. The average Bonchev–Trinajstić information content (AvgIpc) is 3.34. The third-order valence-corrected chi connectivity index (χ3v) is 8.54. The highest BCUT2D eigenvalue weighted by Gasteiger charge is 2.45. The highest BCUT2D eigenvalue weighted by molar-refractivity contribution is 6.03. The van der Waals surface area contributed by atoms with Gasteiger partial charge < -0.3 is 20.1 Å². The van der Waals surface area contributed by atoms with Crippen molar-refractivity contribution in [2.24, 2.45) is 11.3 Å². The second-order valence-electron chi connectivity index (χ2n) is 11.5. The van der Waals surface area contributed by atoms with Gasteiger partial charge >= 0.3 is 0 Å². The van der Waals surface area contributed by atoms with E-state index >= 15 is 0 Å². The monoisotopic (exact) mass is 488 g/mol. The highest BCUT2D eigenvalue weighted by Crippen LogP contribution is 2.47. The molecule has 2 saturated heterocycles. The lowest BCUT2D eigenvalue weighted by molar-refractivity contribution is -0.104. The van der Waals surface area contributed by atoms with Gasteiger partial charge in [0.25, 0.3) is 5.91 Å². The number of fused-ring (bicyclic) bond motifs is 2. The van der Waals surface area contributed by atoms with E-state index in [0.29, 0.717) is 12.1 Å². The molecule has 5 rings (SSSR count). The molecule has 2 aromatic rings. The van der Waals surface area contributed by atoms with Crippen molar-refractivity contribution in [3.63, 3.8) is 0 Å². The maximum Gasteiger partial charge on any atom is 0.291 e. The molecule has 2 fully saturated rings. The molecule has 3 aliphatic rings. The van der Waals surface area contributed by atoms with Crippen molar-refractivity contribution in [3.8, 4) is 6.07 Å². The van der Waals surface area contributed by atoms with Gasteiger partial charge in [0, 0.05) is 17.2 Å². The quantitative estimate of drug-likeness (QED) is 0.512. The fraction of sp³-hybridized carbons (Fsp3) is 0.552. The summed E-state index contributed by atoms with van der Waals surface area (Å²) in [6.07, 6.45) is 11.5. The summed E-state index contributed by atoms with van der Waals surface area (Å²) >= 11 is 0. The molecule has 0 radical (unpaired) electrons. The molecular formula is C29H36N4O3. The van der Waals surface area contributed by atoms with Gasteiger partial charge in [-0.25, -0.2) is 4.98 Å². The predicted octanol–water partition coefficient (Wildman–Crippen LogP) is 5.68. The first-order chi connectivity index (χ1) is 17.2. The number of benzene rings is 1. The van der Waals surface area contributed by atoms with Crippen molar-refractivity contribution in [3.05, 3.63) is 53.1 Å². The van der Waals surface area contributed by atoms with Gasteiger partial charge in [0.1, 0.15) is 11.8 Å². The molecule has 1 aromatic carbocycles. The summed E-state index contributed by atoms with van der Waals surface area (Å²) in [5.41, 5.74) is 3.19. The Morgan fingerprint density at radius 1 is 1.28 bits per heavy atom. The summed E-state index contributed by atoms with van der Waals surface area (Å²) in [5, 5.41) is 24.2. The number of nitrogens with one attached hydrogen (secondary N) is 2. The lowest BCUT2D eigenvalue weighted by Gasteiger charge is -2.38. The lowest BCUT2D eigenvalue weighted by atomic mass is 9.74. The van der Waals surface area contributed by atoms with Crippen LogP contribution >= 0.6 is 0 Å². The Bertz CT molecular complexity index is 1220. The molecule has 7 nitrogen and oxygen atoms in total. The van der Waals surface area contributed by atoms with Crippen LogP contribution < -0.4 is 5.32 Å². The van der Waals surface area contributed by atoms with Gasteiger partial charge in [-0.15, -0.1) is 0 Å². The van der Waals surface area contributed by atoms with Gasteiger partial charge in [0.05, 0.1) is 24.0 Å². The van der Waals surface area contributed by atoms with Crippen LogP contribution in [-0.4, -0.2) is 33.2 Å². The third-order valence-electron chi connectivity index (χ3n) is 8.54. The number of nitriles is 1. The van der Waals surface area contributed by atoms with E-state index in [-0.39, 0.29) is 35.1 Å². The summed E-state index contributed by atoms with van der Waals surface area (Å²) in [7, 11) is 0. The molecule has 190 valence electrons. The van der Waals surface area contributed by atoms with E-state index in [9.17, 15) is 9.90 Å². The molecule has 4 atom stereocenters. The number of aromatic nitrogens is 2. The second-order valence-corrected chi connectivity index (χ2v) is 11.5. The Morgan fingerprint density at radius 2 is 2.11 bits per heavy atom. The molecule has 7 heteroatoms. The molecule has 1 amide bonds. The van der Waals surface area contributed by atoms with Crippen molar-refractivity contribution in [2.75, 3.05) is 5.32 Å². The van der Waals surface area contributed by atoms with E-state index in [2.05, 4.69) is 48.2 Å². The highest BCUT2D eigenvalue weighted by atomic mass is 16.5. The smallest absolute Gasteiger partial charge is 0.291 e. The number of allylic oxidation sites excluding steroid dienone is 2. The number of rotatable bonds is 4. The molecule has 0 saturated carbocycles. The summed E-state index contributed by atoms with van der Waals surface area (Å²) in [5.74, 6) is -0.324. The van der Waals surface area contributed by atoms with E-state index < -0.39 is 11.5 Å². The number of hydrogen-bond acceptors (Lipinski definition) is 5. The first kappa shape index (κ1) is 24.7. The maximum atomic E-state index is 13.0. The Labute approximate surface area is 213 Å². The number of imidazole rings is 1. The predicted molar refractivity (Wildman–Crippen MR) is 138 cm³/mol. The van der Waals surface area contributed by atoms with Gasteiger partial charge in [0.15, 0.2) is 5.82 Å². The number of anilines is 1. The third kappa shape index (κ3) is 4.72. The molecule has 3 heterocycles. The van der Waals surface area contributed by atoms with Crippen LogP contribution in [-0.2, 0) is 10.3 Å². The zero-order valence-electron chi connectivity index (χ0n) is 21.4. The molecule has 3 N–H and O–H groups in total. The maximum absolute atomic E-state index is 13.0. The number of carbonyl (C=O) groups excluding carboxylic acids is 1. The number of nitrogens with zero attached hydrogens (tertiary/aromatic N) is 2. The number of ether oxygens (including phenoxy) is 1. The first-order valence-electron chi connectivity index (χ1n) is 13.2. The molecule has 1 aromatic heterocycles. The van der Waals surface area contributed by atoms with Crippen LogP contribution in [0.25, 0.3) is 5.57 Å². The van der Waals surface area contributed by atoms with Crippen LogP contribution in [0.2, 0.25) is 0 Å². The molecule has 36 heavy (non-hydrogen) atoms. The van der Waals surface area contributed by atoms with Crippen molar-refractivity contribution in [1.29, 1.82) is 5.26 Å². The van der Waals surface area contributed by atoms with Crippen LogP contribution in [0.5, 0.6) is 0 Å². The standard InChI is InChI=1S/C29H36N4O3/c1-18-25-6-4-5-22(36-25)11-14-29(18,35)20-7-8-24(33-27(34)26-31-17-21(16-30)32-26)23(15-20)19-9-12-28(2,3)13-10-19/h7-9,15,17-18,22,25,35H,4-6,10-14H2,1-3H3,(H,31,32)(H,33,34)/t18-,22-,25+,29+/m1/s1. The number of amides is 1. The van der Waals surface area contributed by atoms with Crippen LogP contribution in [0.4, 0.5) is 5.69 Å². The van der Waals surface area contributed by atoms with Gasteiger partial charge in [-0.2, -0.15) is 5.26 Å². The minimum Gasteiger partial charge on any atom is -0.385 e. The average molecular weight is 489 g/mol. The minimum atomic E-state index is -0.988. The Balaban J connectivity index is 1.52. The fourth-order valence-corrected chi connectivity index (χ4v) is 6.02.